The number of nitrogens with one attached hydrogen (secondary N) is 2. The lowest BCUT2D eigenvalue weighted by Gasteiger charge is -2.46. The zero-order valence-corrected chi connectivity index (χ0v) is 21.6. The molecular weight excluding hydrogens is 464 g/mol. The lowest BCUT2D eigenvalue weighted by molar-refractivity contribution is -0.121. The molecule has 186 valence electrons. The smallest absolute Gasteiger partial charge is 0.251 e. The zero-order chi connectivity index (χ0) is 26.0. The van der Waals surface area contributed by atoms with Crippen LogP contribution in [0.2, 0.25) is 5.02 Å². The van der Waals surface area contributed by atoms with Gasteiger partial charge in [0.25, 0.3) is 5.91 Å². The van der Waals surface area contributed by atoms with Crippen molar-refractivity contribution in [1.82, 2.24) is 10.6 Å². The highest BCUT2D eigenvalue weighted by Crippen LogP contribution is 2.34. The molecule has 0 aliphatic carbocycles. The van der Waals surface area contributed by atoms with Crippen molar-refractivity contribution in [1.29, 1.82) is 5.26 Å². The Morgan fingerprint density at radius 3 is 2.43 bits per heavy atom. The van der Waals surface area contributed by atoms with Gasteiger partial charge in [0.1, 0.15) is 17.6 Å². The summed E-state index contributed by atoms with van der Waals surface area (Å²) in [5, 5.41) is 16.7. The molecule has 1 aliphatic heterocycles. The number of piperidine rings is 1. The van der Waals surface area contributed by atoms with E-state index in [0.717, 1.165) is 12.8 Å². The van der Waals surface area contributed by atoms with Gasteiger partial charge in [0.2, 0.25) is 5.91 Å². The van der Waals surface area contributed by atoms with Crippen LogP contribution in [0, 0.1) is 17.2 Å². The first kappa shape index (κ1) is 26.5. The van der Waals surface area contributed by atoms with Crippen molar-refractivity contribution in [3.63, 3.8) is 0 Å². The summed E-state index contributed by atoms with van der Waals surface area (Å²) in [6.45, 7) is 10.2. The summed E-state index contributed by atoms with van der Waals surface area (Å²) in [5.41, 5.74) is 6.61. The molecule has 0 spiro atoms. The molecule has 35 heavy (non-hydrogen) atoms. The number of hydrogen-bond acceptors (Lipinski definition) is 5. The second-order valence-electron chi connectivity index (χ2n) is 10.6. The fourth-order valence-corrected chi connectivity index (χ4v) is 5.14. The number of benzene rings is 2. The minimum absolute atomic E-state index is 0.0344. The Balaban J connectivity index is 1.76. The fourth-order valence-electron chi connectivity index (χ4n) is 4.93. The van der Waals surface area contributed by atoms with Crippen LogP contribution in [0.4, 0.5) is 0 Å². The average Bonchev–Trinajstić information content (AvgIpc) is 2.72. The second-order valence-corrected chi connectivity index (χ2v) is 11.0. The van der Waals surface area contributed by atoms with Gasteiger partial charge < -0.3 is 21.1 Å². The van der Waals surface area contributed by atoms with Crippen LogP contribution in [0.5, 0.6) is 11.5 Å². The molecule has 8 heteroatoms. The summed E-state index contributed by atoms with van der Waals surface area (Å²) < 4.78 is 5.94. The van der Waals surface area contributed by atoms with Crippen molar-refractivity contribution >= 4 is 23.4 Å². The number of nitrogens with two attached hydrogens (primary N) is 1. The van der Waals surface area contributed by atoms with Crippen molar-refractivity contribution in [3.8, 4) is 17.6 Å². The minimum Gasteiger partial charge on any atom is -0.454 e. The second kappa shape index (κ2) is 10.3. The van der Waals surface area contributed by atoms with E-state index in [0.29, 0.717) is 34.6 Å². The highest BCUT2D eigenvalue weighted by atomic mass is 35.5. The van der Waals surface area contributed by atoms with Crippen LogP contribution in [0.1, 0.15) is 68.9 Å². The third-order valence-electron chi connectivity index (χ3n) is 6.18. The summed E-state index contributed by atoms with van der Waals surface area (Å²) in [6, 6.07) is 12.2. The molecule has 1 unspecified atom stereocenters. The topological polar surface area (TPSA) is 117 Å². The number of amides is 2. The SMILES string of the molecule is CC(Cc1cccc(Oc2ccc(C(=O)NC3CC(C)(C)NC(C)(C)C3)cc2Cl)c1C#N)C(N)=O. The van der Waals surface area contributed by atoms with Gasteiger partial charge in [-0.05, 0) is 76.8 Å². The minimum atomic E-state index is -0.436. The van der Waals surface area contributed by atoms with Crippen LogP contribution in [-0.2, 0) is 11.2 Å². The van der Waals surface area contributed by atoms with Crippen molar-refractivity contribution < 1.29 is 14.3 Å². The summed E-state index contributed by atoms with van der Waals surface area (Å²) >= 11 is 6.46. The van der Waals surface area contributed by atoms with Crippen LogP contribution >= 0.6 is 11.6 Å². The molecule has 0 radical (unpaired) electrons. The maximum absolute atomic E-state index is 12.9. The molecule has 0 saturated carbocycles. The molecule has 3 rings (SSSR count). The van der Waals surface area contributed by atoms with Crippen LogP contribution in [0.25, 0.3) is 0 Å². The fraction of sp³-hybridized carbons (Fsp3) is 0.444. The Morgan fingerprint density at radius 2 is 1.86 bits per heavy atom. The monoisotopic (exact) mass is 496 g/mol. The molecule has 1 atom stereocenters. The Kier molecular flexibility index (Phi) is 7.78. The van der Waals surface area contributed by atoms with Crippen molar-refractivity contribution in [2.24, 2.45) is 11.7 Å². The van der Waals surface area contributed by atoms with Gasteiger partial charge in [-0.3, -0.25) is 9.59 Å². The van der Waals surface area contributed by atoms with E-state index in [1.165, 1.54) is 0 Å². The van der Waals surface area contributed by atoms with Crippen LogP contribution < -0.4 is 21.1 Å². The third kappa shape index (κ3) is 6.74. The number of nitriles is 1. The molecule has 1 heterocycles. The molecule has 2 aromatic carbocycles. The first-order valence-corrected chi connectivity index (χ1v) is 12.1. The van der Waals surface area contributed by atoms with E-state index in [9.17, 15) is 14.9 Å². The largest absolute Gasteiger partial charge is 0.454 e. The van der Waals surface area contributed by atoms with E-state index < -0.39 is 11.8 Å². The quantitative estimate of drug-likeness (QED) is 0.513. The average molecular weight is 497 g/mol. The first-order chi connectivity index (χ1) is 16.3. The van der Waals surface area contributed by atoms with Gasteiger partial charge in [0.15, 0.2) is 0 Å². The Bertz CT molecular complexity index is 1150. The van der Waals surface area contributed by atoms with Crippen LogP contribution in [0.3, 0.4) is 0 Å². The molecule has 1 fully saturated rings. The number of ether oxygens (including phenoxy) is 1. The summed E-state index contributed by atoms with van der Waals surface area (Å²) in [4.78, 5) is 24.4. The molecule has 4 N–H and O–H groups in total. The number of rotatable bonds is 7. The zero-order valence-electron chi connectivity index (χ0n) is 20.9. The van der Waals surface area contributed by atoms with E-state index >= 15 is 0 Å². The van der Waals surface area contributed by atoms with Gasteiger partial charge in [-0.25, -0.2) is 0 Å². The Hall–Kier alpha value is -3.08. The Labute approximate surface area is 212 Å². The Morgan fingerprint density at radius 1 is 1.20 bits per heavy atom. The van der Waals surface area contributed by atoms with Crippen LogP contribution in [-0.4, -0.2) is 28.9 Å². The van der Waals surface area contributed by atoms with Crippen molar-refractivity contribution in [2.45, 2.75) is 71.0 Å². The molecular formula is C27H33ClN4O3. The maximum Gasteiger partial charge on any atom is 0.251 e. The molecule has 1 saturated heterocycles. The molecule has 1 aliphatic rings. The molecule has 2 aromatic rings. The number of hydrogen-bond donors (Lipinski definition) is 3. The first-order valence-electron chi connectivity index (χ1n) is 11.7. The predicted molar refractivity (Wildman–Crippen MR) is 137 cm³/mol. The predicted octanol–water partition coefficient (Wildman–Crippen LogP) is 4.71. The number of nitrogens with zero attached hydrogens (tertiary/aromatic N) is 1. The number of primary amides is 1. The number of carbonyl (C=O) groups is 2. The summed E-state index contributed by atoms with van der Waals surface area (Å²) in [7, 11) is 0. The summed E-state index contributed by atoms with van der Waals surface area (Å²) in [6.07, 6.45) is 1.96. The standard InChI is InChI=1S/C27H33ClN4O3/c1-16(24(30)33)11-17-7-6-8-22(20(17)15-29)35-23-10-9-18(12-21(23)28)25(34)31-19-13-26(2,3)32-27(4,5)14-19/h6-10,12,16,19,32H,11,13-14H2,1-5H3,(H2,30,33)(H,31,34). The van der Waals surface area contributed by atoms with Gasteiger partial charge >= 0.3 is 0 Å². The van der Waals surface area contributed by atoms with E-state index in [1.54, 1.807) is 43.3 Å². The number of halogens is 1. The van der Waals surface area contributed by atoms with E-state index in [2.05, 4.69) is 44.4 Å². The van der Waals surface area contributed by atoms with Gasteiger partial charge in [-0.15, -0.1) is 0 Å². The lowest BCUT2D eigenvalue weighted by atomic mass is 9.79. The van der Waals surface area contributed by atoms with E-state index in [1.807, 2.05) is 0 Å². The van der Waals surface area contributed by atoms with E-state index in [-0.39, 0.29) is 28.0 Å². The molecule has 2 amide bonds. The van der Waals surface area contributed by atoms with Crippen molar-refractivity contribution in [2.75, 3.05) is 0 Å². The van der Waals surface area contributed by atoms with E-state index in [4.69, 9.17) is 22.1 Å². The maximum atomic E-state index is 12.9. The summed E-state index contributed by atoms with van der Waals surface area (Å²) in [5.74, 6) is -0.412. The lowest BCUT2D eigenvalue weighted by Crippen LogP contribution is -2.62. The van der Waals surface area contributed by atoms with Crippen molar-refractivity contribution in [3.05, 3.63) is 58.1 Å². The van der Waals surface area contributed by atoms with Gasteiger partial charge in [0.05, 0.1) is 10.6 Å². The normalized spacial score (nSPS) is 17.7. The highest BCUT2D eigenvalue weighted by Gasteiger charge is 2.38. The van der Waals surface area contributed by atoms with Gasteiger partial charge in [0, 0.05) is 28.6 Å². The highest BCUT2D eigenvalue weighted by molar-refractivity contribution is 6.32. The van der Waals surface area contributed by atoms with Crippen LogP contribution in [0.15, 0.2) is 36.4 Å². The number of carbonyl (C=O) groups excluding carboxylic acids is 2. The van der Waals surface area contributed by atoms with Gasteiger partial charge in [-0.1, -0.05) is 30.7 Å². The third-order valence-corrected chi connectivity index (χ3v) is 6.47. The molecule has 0 bridgehead atoms. The molecule has 7 nitrogen and oxygen atoms in total. The molecule has 0 aromatic heterocycles. The van der Waals surface area contributed by atoms with Gasteiger partial charge in [-0.2, -0.15) is 5.26 Å².